The summed E-state index contributed by atoms with van der Waals surface area (Å²) in [6.45, 7) is 1.93. The summed E-state index contributed by atoms with van der Waals surface area (Å²) in [6, 6.07) is 9.44. The molecule has 4 heterocycles. The van der Waals surface area contributed by atoms with Gasteiger partial charge >= 0.3 is 11.9 Å². The van der Waals surface area contributed by atoms with Crippen LogP contribution in [0.4, 0.5) is 13.2 Å². The number of pyridine rings is 1. The highest BCUT2D eigenvalue weighted by Gasteiger charge is 2.34. The third-order valence-electron chi connectivity index (χ3n) is 5.97. The monoisotopic (exact) mass is 500 g/mol. The first-order valence-corrected chi connectivity index (χ1v) is 11.3. The highest BCUT2D eigenvalue weighted by molar-refractivity contribution is 6.30. The Morgan fingerprint density at radius 1 is 1.14 bits per heavy atom. The highest BCUT2D eigenvalue weighted by atomic mass is 35.5. The lowest BCUT2D eigenvalue weighted by molar-refractivity contribution is -0.141. The van der Waals surface area contributed by atoms with Crippen molar-refractivity contribution in [3.05, 3.63) is 93.0 Å². The fourth-order valence-corrected chi connectivity index (χ4v) is 4.48. The van der Waals surface area contributed by atoms with E-state index in [0.29, 0.717) is 22.8 Å². The Morgan fingerprint density at radius 3 is 2.54 bits per heavy atom. The predicted octanol–water partition coefficient (Wildman–Crippen LogP) is 4.62. The van der Waals surface area contributed by atoms with E-state index in [0.717, 1.165) is 29.0 Å². The van der Waals surface area contributed by atoms with Crippen LogP contribution in [0.2, 0.25) is 5.02 Å². The molecule has 2 atom stereocenters. The molecule has 0 saturated carbocycles. The van der Waals surface area contributed by atoms with Crippen molar-refractivity contribution in [1.29, 1.82) is 0 Å². The van der Waals surface area contributed by atoms with Crippen molar-refractivity contribution in [1.82, 2.24) is 19.4 Å². The summed E-state index contributed by atoms with van der Waals surface area (Å²) in [5.74, 6) is 0.382. The van der Waals surface area contributed by atoms with E-state index < -0.39 is 17.6 Å². The van der Waals surface area contributed by atoms with Crippen LogP contribution in [-0.4, -0.2) is 31.7 Å². The third-order valence-corrected chi connectivity index (χ3v) is 6.22. The number of benzene rings is 1. The lowest BCUT2D eigenvalue weighted by Gasteiger charge is -2.31. The molecule has 3 aromatic rings. The zero-order chi connectivity index (χ0) is 24.7. The number of allylic oxidation sites excluding steroid dienone is 2. The molecule has 2 aliphatic rings. The Bertz CT molecular complexity index is 1400. The number of nitrogens with one attached hydrogen (secondary N) is 1. The van der Waals surface area contributed by atoms with Gasteiger partial charge in [-0.3, -0.25) is 9.98 Å². The van der Waals surface area contributed by atoms with E-state index in [4.69, 9.17) is 11.6 Å². The van der Waals surface area contributed by atoms with Crippen molar-refractivity contribution in [3.63, 3.8) is 0 Å². The quantitative estimate of drug-likeness (QED) is 0.567. The molecular formula is C24H20ClF3N6O. The molecule has 0 saturated heterocycles. The SMILES string of the molecule is CC1Nn2c(nn(Cc3ccc(C(F)(F)F)nc3)c2=O)C(C2C=CN=CC2)=C1c1ccc(Cl)cc1. The van der Waals surface area contributed by atoms with Gasteiger partial charge in [0.2, 0.25) is 0 Å². The largest absolute Gasteiger partial charge is 0.433 e. The molecule has 0 fully saturated rings. The molecule has 5 rings (SSSR count). The first kappa shape index (κ1) is 23.1. The predicted molar refractivity (Wildman–Crippen MR) is 128 cm³/mol. The van der Waals surface area contributed by atoms with Crippen LogP contribution in [0, 0.1) is 5.92 Å². The van der Waals surface area contributed by atoms with Gasteiger partial charge in [0.15, 0.2) is 5.82 Å². The van der Waals surface area contributed by atoms with Gasteiger partial charge in [0, 0.05) is 35.1 Å². The fourth-order valence-electron chi connectivity index (χ4n) is 4.35. The van der Waals surface area contributed by atoms with Gasteiger partial charge in [-0.15, -0.1) is 5.10 Å². The molecular weight excluding hydrogens is 481 g/mol. The van der Waals surface area contributed by atoms with Gasteiger partial charge in [-0.2, -0.15) is 17.8 Å². The molecule has 1 N–H and O–H groups in total. The number of nitrogens with zero attached hydrogens (tertiary/aromatic N) is 5. The van der Waals surface area contributed by atoms with Crippen LogP contribution < -0.4 is 11.1 Å². The van der Waals surface area contributed by atoms with Crippen LogP contribution >= 0.6 is 11.6 Å². The Labute approximate surface area is 203 Å². The molecule has 0 aliphatic carbocycles. The number of halogens is 4. The molecule has 180 valence electrons. The second-order valence-corrected chi connectivity index (χ2v) is 8.79. The van der Waals surface area contributed by atoms with Crippen LogP contribution in [0.5, 0.6) is 0 Å². The van der Waals surface area contributed by atoms with Crippen molar-refractivity contribution in [3.8, 4) is 0 Å². The van der Waals surface area contributed by atoms with Gasteiger partial charge in [0.1, 0.15) is 5.69 Å². The molecule has 11 heteroatoms. The third kappa shape index (κ3) is 4.41. The Kier molecular flexibility index (Phi) is 5.84. The first-order valence-electron chi connectivity index (χ1n) is 10.9. The van der Waals surface area contributed by atoms with E-state index in [9.17, 15) is 18.0 Å². The average molecular weight is 501 g/mol. The van der Waals surface area contributed by atoms with Crippen LogP contribution in [0.25, 0.3) is 11.1 Å². The van der Waals surface area contributed by atoms with Gasteiger partial charge < -0.3 is 5.43 Å². The molecule has 0 bridgehead atoms. The lowest BCUT2D eigenvalue weighted by Crippen LogP contribution is -2.40. The summed E-state index contributed by atoms with van der Waals surface area (Å²) >= 11 is 6.10. The van der Waals surface area contributed by atoms with Crippen LogP contribution in [0.15, 0.2) is 64.7 Å². The topological polar surface area (TPSA) is 77.1 Å². The molecule has 1 aromatic carbocycles. The van der Waals surface area contributed by atoms with Crippen molar-refractivity contribution in [2.24, 2.45) is 10.9 Å². The molecule has 35 heavy (non-hydrogen) atoms. The normalized spacial score (nSPS) is 19.6. The smallest absolute Gasteiger partial charge is 0.313 e. The second-order valence-electron chi connectivity index (χ2n) is 8.35. The van der Waals surface area contributed by atoms with Crippen molar-refractivity contribution >= 4 is 29.0 Å². The van der Waals surface area contributed by atoms with E-state index in [-0.39, 0.29) is 18.5 Å². The summed E-state index contributed by atoms with van der Waals surface area (Å²) in [6.07, 6.45) is 2.73. The second kappa shape index (κ2) is 8.84. The molecule has 7 nitrogen and oxygen atoms in total. The molecule has 0 spiro atoms. The molecule has 2 aliphatic heterocycles. The van der Waals surface area contributed by atoms with Gasteiger partial charge in [-0.25, -0.2) is 9.48 Å². The van der Waals surface area contributed by atoms with E-state index in [1.54, 1.807) is 6.20 Å². The van der Waals surface area contributed by atoms with E-state index in [2.05, 4.69) is 20.5 Å². The van der Waals surface area contributed by atoms with Gasteiger partial charge in [-0.1, -0.05) is 35.9 Å². The minimum Gasteiger partial charge on any atom is -0.313 e. The average Bonchev–Trinajstić information content (AvgIpc) is 3.14. The number of alkyl halides is 3. The number of aromatic nitrogens is 4. The lowest BCUT2D eigenvalue weighted by atomic mass is 9.84. The van der Waals surface area contributed by atoms with E-state index >= 15 is 0 Å². The number of fused-ring (bicyclic) bond motifs is 1. The van der Waals surface area contributed by atoms with Gasteiger partial charge in [-0.05, 0) is 48.2 Å². The molecule has 0 radical (unpaired) electrons. The van der Waals surface area contributed by atoms with E-state index in [1.165, 1.54) is 15.4 Å². The summed E-state index contributed by atoms with van der Waals surface area (Å²) in [4.78, 5) is 20.9. The van der Waals surface area contributed by atoms with Crippen molar-refractivity contribution in [2.75, 3.05) is 5.43 Å². The highest BCUT2D eigenvalue weighted by Crippen LogP contribution is 2.39. The van der Waals surface area contributed by atoms with E-state index in [1.807, 2.05) is 43.5 Å². The summed E-state index contributed by atoms with van der Waals surface area (Å²) in [5, 5.41) is 5.21. The number of aliphatic imine (C=N–C) groups is 1. The Balaban J connectivity index is 1.59. The maximum Gasteiger partial charge on any atom is 0.433 e. The Morgan fingerprint density at radius 2 is 1.91 bits per heavy atom. The fraction of sp³-hybridized carbons (Fsp3) is 0.250. The molecule has 2 aromatic heterocycles. The minimum absolute atomic E-state index is 0.0223. The molecule has 2 unspecified atom stereocenters. The zero-order valence-electron chi connectivity index (χ0n) is 18.5. The summed E-state index contributed by atoms with van der Waals surface area (Å²) < 4.78 is 41.2. The summed E-state index contributed by atoms with van der Waals surface area (Å²) in [7, 11) is 0. The van der Waals surface area contributed by atoms with Crippen LogP contribution in [0.3, 0.4) is 0 Å². The molecule has 0 amide bonds. The van der Waals surface area contributed by atoms with Crippen molar-refractivity contribution in [2.45, 2.75) is 32.1 Å². The number of hydrogen-bond acceptors (Lipinski definition) is 5. The van der Waals surface area contributed by atoms with Gasteiger partial charge in [0.25, 0.3) is 0 Å². The standard InChI is InChI=1S/C24H20ClF3N6O/c1-14-20(16-3-5-18(25)6-4-16)21(17-8-10-29-11-9-17)22-32-33(23(35)34(22)31-14)13-15-2-7-19(30-12-15)24(26,27)28/h2-8,10-12,14,17,31H,9,13H2,1H3. The summed E-state index contributed by atoms with van der Waals surface area (Å²) in [5.41, 5.74) is 5.02. The number of rotatable bonds is 4. The zero-order valence-corrected chi connectivity index (χ0v) is 19.3. The minimum atomic E-state index is -4.53. The Hall–Kier alpha value is -3.66. The van der Waals surface area contributed by atoms with Crippen LogP contribution in [0.1, 0.15) is 36.0 Å². The maximum absolute atomic E-state index is 13.2. The maximum atomic E-state index is 13.2. The first-order chi connectivity index (χ1) is 16.7. The van der Waals surface area contributed by atoms with Crippen molar-refractivity contribution < 1.29 is 13.2 Å². The van der Waals surface area contributed by atoms with Crippen LogP contribution in [-0.2, 0) is 12.7 Å². The number of hydrogen-bond donors (Lipinski definition) is 1. The van der Waals surface area contributed by atoms with Gasteiger partial charge in [0.05, 0.1) is 12.6 Å².